The fourth-order valence-corrected chi connectivity index (χ4v) is 0. The van der Waals surface area contributed by atoms with Crippen LogP contribution in [0.5, 0.6) is 0 Å². The van der Waals surface area contributed by atoms with Crippen LogP contribution < -0.4 is 0 Å². The van der Waals surface area contributed by atoms with E-state index in [9.17, 15) is 0 Å². The Balaban J connectivity index is -0.0000000800. The second-order valence-electron chi connectivity index (χ2n) is 0.492. The minimum absolute atomic E-state index is 0. The van der Waals surface area contributed by atoms with Gasteiger partial charge in [-0.05, 0) is 0 Å². The number of rotatable bonds is 0. The third-order valence-corrected chi connectivity index (χ3v) is 0. The molecular formula is CMgO6S. The summed E-state index contributed by atoms with van der Waals surface area (Å²) in [6.07, 6.45) is 0.250. The predicted molar refractivity (Wildman–Crippen MR) is 21.2 cm³/mol. The first kappa shape index (κ1) is 16.0. The molecule has 0 aromatic rings. The second-order valence-corrected chi connectivity index (χ2v) is 1.31. The SMILES string of the molecule is O=C=O.O=S(=O)([O-])[O-].[Mg+2]. The molecule has 0 N–H and O–H groups in total. The Hall–Kier alpha value is 0.0162. The standard InChI is InChI=1S/CO2.Mg.H2O4S/c2-1-3;;1-5(2,3)4/h;;(H2,1,2,3,4)/q;+2;/p-2. The zero-order valence-electron chi connectivity index (χ0n) is 4.06. The van der Waals surface area contributed by atoms with Crippen LogP contribution in [0.3, 0.4) is 0 Å². The van der Waals surface area contributed by atoms with Crippen LogP contribution in [0.1, 0.15) is 0 Å². The maximum Gasteiger partial charge on any atom is 2.00 e. The van der Waals surface area contributed by atoms with Crippen molar-refractivity contribution in [1.29, 1.82) is 0 Å². The summed E-state index contributed by atoms with van der Waals surface area (Å²) in [6, 6.07) is 0. The molecule has 0 aliphatic carbocycles. The third-order valence-electron chi connectivity index (χ3n) is 0. The van der Waals surface area contributed by atoms with E-state index in [1.807, 2.05) is 0 Å². The predicted octanol–water partition coefficient (Wildman–Crippen LogP) is -2.30. The Labute approximate surface area is 67.0 Å². The minimum Gasteiger partial charge on any atom is -0.759 e. The van der Waals surface area contributed by atoms with Gasteiger partial charge < -0.3 is 9.11 Å². The van der Waals surface area contributed by atoms with Crippen LogP contribution in [0.25, 0.3) is 0 Å². The van der Waals surface area contributed by atoms with Gasteiger partial charge in [0, 0.05) is 10.4 Å². The molecule has 6 nitrogen and oxygen atoms in total. The molecule has 8 heteroatoms. The largest absolute Gasteiger partial charge is 2.00 e. The maximum atomic E-state index is 8.52. The fourth-order valence-electron chi connectivity index (χ4n) is 0. The first-order valence-electron chi connectivity index (χ1n) is 1.07. The molecule has 0 heterocycles. The van der Waals surface area contributed by atoms with Crippen molar-refractivity contribution in [2.45, 2.75) is 0 Å². The van der Waals surface area contributed by atoms with Crippen molar-refractivity contribution in [1.82, 2.24) is 0 Å². The van der Waals surface area contributed by atoms with Gasteiger partial charge in [-0.25, -0.2) is 0 Å². The van der Waals surface area contributed by atoms with Crippen LogP contribution in [0.2, 0.25) is 0 Å². The van der Waals surface area contributed by atoms with Gasteiger partial charge in [0.15, 0.2) is 0 Å². The van der Waals surface area contributed by atoms with E-state index in [0.29, 0.717) is 0 Å². The zero-order chi connectivity index (χ0) is 7.21. The van der Waals surface area contributed by atoms with Crippen molar-refractivity contribution in [3.8, 4) is 0 Å². The first-order chi connectivity index (χ1) is 3.41. The van der Waals surface area contributed by atoms with Gasteiger partial charge in [-0.1, -0.05) is 0 Å². The Kier molecular flexibility index (Phi) is 14.3. The molecule has 0 saturated carbocycles. The molecule has 0 aromatic heterocycles. The summed E-state index contributed by atoms with van der Waals surface area (Å²) in [7, 11) is -5.17. The van der Waals surface area contributed by atoms with Gasteiger partial charge in [-0.15, -0.1) is 0 Å². The number of carbonyl (C=O) groups excluding carboxylic acids is 2. The maximum absolute atomic E-state index is 8.52. The minimum atomic E-state index is -5.17. The van der Waals surface area contributed by atoms with Crippen molar-refractivity contribution in [3.05, 3.63) is 0 Å². The Bertz CT molecular complexity index is 153. The van der Waals surface area contributed by atoms with E-state index >= 15 is 0 Å². The van der Waals surface area contributed by atoms with Crippen LogP contribution in [-0.4, -0.2) is 46.7 Å². The van der Waals surface area contributed by atoms with Gasteiger partial charge in [0.1, 0.15) is 0 Å². The van der Waals surface area contributed by atoms with Crippen LogP contribution in [0.4, 0.5) is 0 Å². The quantitative estimate of drug-likeness (QED) is 0.226. The van der Waals surface area contributed by atoms with Gasteiger partial charge in [0.25, 0.3) is 0 Å². The van der Waals surface area contributed by atoms with Crippen molar-refractivity contribution in [3.63, 3.8) is 0 Å². The molecule has 0 radical (unpaired) electrons. The number of hydrogen-bond donors (Lipinski definition) is 0. The smallest absolute Gasteiger partial charge is 0.759 e. The van der Waals surface area contributed by atoms with Crippen LogP contribution >= 0.6 is 0 Å². The van der Waals surface area contributed by atoms with Gasteiger partial charge in [0.2, 0.25) is 0 Å². The summed E-state index contributed by atoms with van der Waals surface area (Å²) < 4.78 is 34.1. The van der Waals surface area contributed by atoms with E-state index in [2.05, 4.69) is 0 Å². The number of hydrogen-bond acceptors (Lipinski definition) is 6. The van der Waals surface area contributed by atoms with Crippen LogP contribution in [-0.2, 0) is 20.0 Å². The monoisotopic (exact) mass is 164 g/mol. The fraction of sp³-hybridized carbons (Fsp3) is 0. The van der Waals surface area contributed by atoms with E-state index in [1.165, 1.54) is 0 Å². The second kappa shape index (κ2) is 8.02. The summed E-state index contributed by atoms with van der Waals surface area (Å²) in [6.45, 7) is 0. The molecule has 0 aliphatic rings. The Morgan fingerprint density at radius 2 is 1.11 bits per heavy atom. The molecule has 9 heavy (non-hydrogen) atoms. The third kappa shape index (κ3) is 1100000. The summed E-state index contributed by atoms with van der Waals surface area (Å²) in [5.41, 5.74) is 0. The normalized spacial score (nSPS) is 7.33. The molecule has 0 fully saturated rings. The molecular weight excluding hydrogens is 164 g/mol. The topological polar surface area (TPSA) is 114 Å². The Morgan fingerprint density at radius 1 is 1.11 bits per heavy atom. The summed E-state index contributed by atoms with van der Waals surface area (Å²) in [4.78, 5) is 16.2. The molecule has 0 rings (SSSR count). The average Bonchev–Trinajstić information content (AvgIpc) is 1.27. The molecule has 0 atom stereocenters. The average molecular weight is 164 g/mol. The molecule has 0 amide bonds. The van der Waals surface area contributed by atoms with Gasteiger partial charge >= 0.3 is 29.2 Å². The van der Waals surface area contributed by atoms with E-state index in [1.54, 1.807) is 0 Å². The van der Waals surface area contributed by atoms with E-state index in [-0.39, 0.29) is 29.2 Å². The zero-order valence-corrected chi connectivity index (χ0v) is 6.30. The molecule has 0 aliphatic heterocycles. The van der Waals surface area contributed by atoms with Crippen molar-refractivity contribution >= 4 is 39.6 Å². The van der Waals surface area contributed by atoms with E-state index in [4.69, 9.17) is 27.1 Å². The van der Waals surface area contributed by atoms with Crippen molar-refractivity contribution in [2.24, 2.45) is 0 Å². The van der Waals surface area contributed by atoms with Crippen LogP contribution in [0.15, 0.2) is 0 Å². The van der Waals surface area contributed by atoms with Gasteiger partial charge in [0.05, 0.1) is 0 Å². The van der Waals surface area contributed by atoms with Crippen molar-refractivity contribution in [2.75, 3.05) is 0 Å². The molecule has 0 aromatic carbocycles. The summed E-state index contributed by atoms with van der Waals surface area (Å²) in [5.74, 6) is 0. The van der Waals surface area contributed by atoms with Gasteiger partial charge in [-0.2, -0.15) is 9.59 Å². The summed E-state index contributed by atoms with van der Waals surface area (Å²) in [5, 5.41) is 0. The molecule has 0 saturated heterocycles. The van der Waals surface area contributed by atoms with Gasteiger partial charge in [-0.3, -0.25) is 8.42 Å². The molecule has 48 valence electrons. The molecule has 0 bridgehead atoms. The van der Waals surface area contributed by atoms with E-state index in [0.717, 1.165) is 0 Å². The molecule has 0 unspecified atom stereocenters. The Morgan fingerprint density at radius 3 is 1.11 bits per heavy atom. The van der Waals surface area contributed by atoms with E-state index < -0.39 is 10.4 Å². The van der Waals surface area contributed by atoms with Crippen molar-refractivity contribution < 1.29 is 27.1 Å². The summed E-state index contributed by atoms with van der Waals surface area (Å²) >= 11 is 0. The van der Waals surface area contributed by atoms with Crippen LogP contribution in [0, 0.1) is 0 Å². The molecule has 0 spiro atoms. The first-order valence-corrected chi connectivity index (χ1v) is 2.41.